The molecule has 3 aromatic rings. The first kappa shape index (κ1) is 18.5. The van der Waals surface area contributed by atoms with Gasteiger partial charge in [0, 0.05) is 11.4 Å². The van der Waals surface area contributed by atoms with Crippen LogP contribution < -0.4 is 10.6 Å². The molecule has 0 aliphatic carbocycles. The normalized spacial score (nSPS) is 11.7. The highest BCUT2D eigenvalue weighted by molar-refractivity contribution is 6.00. The molecule has 1 aromatic heterocycles. The van der Waals surface area contributed by atoms with E-state index in [0.29, 0.717) is 17.2 Å². The number of nitrogens with zero attached hydrogens (tertiary/aromatic N) is 2. The maximum absolute atomic E-state index is 13.1. The van der Waals surface area contributed by atoms with Crippen LogP contribution in [0.1, 0.15) is 40.3 Å². The monoisotopic (exact) mass is 364 g/mol. The Kier molecular flexibility index (Phi) is 5.45. The summed E-state index contributed by atoms with van der Waals surface area (Å²) in [6, 6.07) is 14.9. The lowest BCUT2D eigenvalue weighted by Gasteiger charge is -2.16. The first-order valence-electron chi connectivity index (χ1n) is 8.67. The zero-order chi connectivity index (χ0) is 19.4. The third-order valence-electron chi connectivity index (χ3n) is 4.12. The van der Waals surface area contributed by atoms with Crippen LogP contribution in [0.3, 0.4) is 0 Å². The number of carbonyl (C=O) groups excluding carboxylic acids is 1. The number of aromatic nitrogens is 2. The van der Waals surface area contributed by atoms with E-state index in [9.17, 15) is 9.18 Å². The van der Waals surface area contributed by atoms with Crippen molar-refractivity contribution in [3.63, 3.8) is 0 Å². The molecular weight excluding hydrogens is 343 g/mol. The fraction of sp³-hybridized carbons (Fsp3) is 0.190. The lowest BCUT2D eigenvalue weighted by molar-refractivity contribution is 0.0940. The SMILES string of the molecule is Cc1cc(C)nc(Nc2ccccc2C(=O)N[C@@H](C)c2ccc(F)cc2)n1. The minimum Gasteiger partial charge on any atom is -0.345 e. The topological polar surface area (TPSA) is 66.9 Å². The molecule has 0 aliphatic heterocycles. The highest BCUT2D eigenvalue weighted by Crippen LogP contribution is 2.21. The second-order valence-corrected chi connectivity index (χ2v) is 6.39. The maximum Gasteiger partial charge on any atom is 0.253 e. The summed E-state index contributed by atoms with van der Waals surface area (Å²) in [5.74, 6) is -0.0982. The molecule has 0 radical (unpaired) electrons. The molecule has 1 heterocycles. The molecule has 3 rings (SSSR count). The number of hydrogen-bond acceptors (Lipinski definition) is 4. The van der Waals surface area contributed by atoms with Crippen LogP contribution >= 0.6 is 0 Å². The van der Waals surface area contributed by atoms with Crippen LogP contribution in [0.2, 0.25) is 0 Å². The van der Waals surface area contributed by atoms with E-state index in [-0.39, 0.29) is 17.8 Å². The quantitative estimate of drug-likeness (QED) is 0.701. The van der Waals surface area contributed by atoms with E-state index in [1.165, 1.54) is 12.1 Å². The van der Waals surface area contributed by atoms with Crippen LogP contribution in [-0.2, 0) is 0 Å². The molecule has 0 fully saturated rings. The van der Waals surface area contributed by atoms with Crippen LogP contribution in [0, 0.1) is 19.7 Å². The molecule has 0 aliphatic rings. The number of amides is 1. The maximum atomic E-state index is 13.1. The Hall–Kier alpha value is -3.28. The van der Waals surface area contributed by atoms with E-state index >= 15 is 0 Å². The minimum atomic E-state index is -0.305. The van der Waals surface area contributed by atoms with Crippen LogP contribution in [0.5, 0.6) is 0 Å². The molecule has 5 nitrogen and oxygen atoms in total. The van der Waals surface area contributed by atoms with Crippen molar-refractivity contribution in [2.45, 2.75) is 26.8 Å². The molecule has 138 valence electrons. The summed E-state index contributed by atoms with van der Waals surface area (Å²) in [6.07, 6.45) is 0. The Bertz CT molecular complexity index is 936. The largest absolute Gasteiger partial charge is 0.345 e. The van der Waals surface area contributed by atoms with Crippen molar-refractivity contribution >= 4 is 17.5 Å². The summed E-state index contributed by atoms with van der Waals surface area (Å²) in [5, 5.41) is 6.06. The number of hydrogen-bond donors (Lipinski definition) is 2. The van der Waals surface area contributed by atoms with E-state index in [1.807, 2.05) is 32.9 Å². The minimum absolute atomic E-state index is 0.237. The summed E-state index contributed by atoms with van der Waals surface area (Å²) < 4.78 is 13.1. The molecule has 27 heavy (non-hydrogen) atoms. The summed E-state index contributed by atoms with van der Waals surface area (Å²) in [6.45, 7) is 5.64. The Balaban J connectivity index is 1.80. The third-order valence-corrected chi connectivity index (χ3v) is 4.12. The second kappa shape index (κ2) is 7.95. The highest BCUT2D eigenvalue weighted by atomic mass is 19.1. The third kappa shape index (κ3) is 4.67. The van der Waals surface area contributed by atoms with Crippen LogP contribution in [0.4, 0.5) is 16.0 Å². The van der Waals surface area contributed by atoms with Gasteiger partial charge in [0.15, 0.2) is 0 Å². The van der Waals surface area contributed by atoms with E-state index in [0.717, 1.165) is 17.0 Å². The summed E-state index contributed by atoms with van der Waals surface area (Å²) in [7, 11) is 0. The molecule has 0 spiro atoms. The summed E-state index contributed by atoms with van der Waals surface area (Å²) in [5.41, 5.74) is 3.61. The van der Waals surface area contributed by atoms with Gasteiger partial charge in [0.25, 0.3) is 5.91 Å². The van der Waals surface area contributed by atoms with Gasteiger partial charge < -0.3 is 10.6 Å². The van der Waals surface area contributed by atoms with E-state index in [4.69, 9.17) is 0 Å². The van der Waals surface area contributed by atoms with Crippen molar-refractivity contribution in [2.75, 3.05) is 5.32 Å². The van der Waals surface area contributed by atoms with E-state index < -0.39 is 0 Å². The molecule has 2 aromatic carbocycles. The molecule has 2 N–H and O–H groups in total. The van der Waals surface area contributed by atoms with Crippen molar-refractivity contribution in [1.29, 1.82) is 0 Å². The van der Waals surface area contributed by atoms with Crippen LogP contribution in [0.15, 0.2) is 54.6 Å². The Morgan fingerprint density at radius 2 is 1.63 bits per heavy atom. The van der Waals surface area contributed by atoms with E-state index in [1.54, 1.807) is 30.3 Å². The van der Waals surface area contributed by atoms with Gasteiger partial charge in [-0.1, -0.05) is 24.3 Å². The Morgan fingerprint density at radius 1 is 1.00 bits per heavy atom. The van der Waals surface area contributed by atoms with Gasteiger partial charge >= 0.3 is 0 Å². The van der Waals surface area contributed by atoms with Gasteiger partial charge in [-0.15, -0.1) is 0 Å². The fourth-order valence-electron chi connectivity index (χ4n) is 2.80. The van der Waals surface area contributed by atoms with Crippen LogP contribution in [-0.4, -0.2) is 15.9 Å². The molecule has 6 heteroatoms. The van der Waals surface area contributed by atoms with Crippen molar-refractivity contribution < 1.29 is 9.18 Å². The molecule has 0 saturated heterocycles. The average molecular weight is 364 g/mol. The number of nitrogens with one attached hydrogen (secondary N) is 2. The zero-order valence-electron chi connectivity index (χ0n) is 15.5. The number of para-hydroxylation sites is 1. The van der Waals surface area contributed by atoms with Crippen LogP contribution in [0.25, 0.3) is 0 Å². The second-order valence-electron chi connectivity index (χ2n) is 6.39. The van der Waals surface area contributed by atoms with Crippen molar-refractivity contribution in [2.24, 2.45) is 0 Å². The molecule has 1 amide bonds. The van der Waals surface area contributed by atoms with Gasteiger partial charge in [0.1, 0.15) is 5.82 Å². The van der Waals surface area contributed by atoms with Crippen molar-refractivity contribution in [1.82, 2.24) is 15.3 Å². The Labute approximate surface area is 157 Å². The lowest BCUT2D eigenvalue weighted by Crippen LogP contribution is -2.27. The van der Waals surface area contributed by atoms with Gasteiger partial charge in [-0.05, 0) is 56.7 Å². The first-order chi connectivity index (χ1) is 12.9. The predicted molar refractivity (Wildman–Crippen MR) is 104 cm³/mol. The molecule has 0 unspecified atom stereocenters. The van der Waals surface area contributed by atoms with Gasteiger partial charge in [0.05, 0.1) is 17.3 Å². The molecular formula is C21H21FN4O. The first-order valence-corrected chi connectivity index (χ1v) is 8.67. The number of carbonyl (C=O) groups is 1. The van der Waals surface area contributed by atoms with Gasteiger partial charge in [-0.2, -0.15) is 0 Å². The number of benzene rings is 2. The smallest absolute Gasteiger partial charge is 0.253 e. The fourth-order valence-corrected chi connectivity index (χ4v) is 2.80. The number of rotatable bonds is 5. The lowest BCUT2D eigenvalue weighted by atomic mass is 10.1. The number of halogens is 1. The van der Waals surface area contributed by atoms with Gasteiger partial charge in [-0.25, -0.2) is 14.4 Å². The number of aryl methyl sites for hydroxylation is 2. The highest BCUT2D eigenvalue weighted by Gasteiger charge is 2.15. The van der Waals surface area contributed by atoms with Gasteiger partial charge in [-0.3, -0.25) is 4.79 Å². The number of anilines is 2. The molecule has 0 saturated carbocycles. The predicted octanol–water partition coefficient (Wildman–Crippen LogP) is 4.47. The Morgan fingerprint density at radius 3 is 2.30 bits per heavy atom. The van der Waals surface area contributed by atoms with Gasteiger partial charge in [0.2, 0.25) is 5.95 Å². The summed E-state index contributed by atoms with van der Waals surface area (Å²) >= 11 is 0. The van der Waals surface area contributed by atoms with Crippen molar-refractivity contribution in [3.05, 3.63) is 82.9 Å². The van der Waals surface area contributed by atoms with E-state index in [2.05, 4.69) is 20.6 Å². The van der Waals surface area contributed by atoms with Crippen molar-refractivity contribution in [3.8, 4) is 0 Å². The molecule has 0 bridgehead atoms. The standard InChI is InChI=1S/C21H21FN4O/c1-13-12-14(2)24-21(23-13)26-19-7-5-4-6-18(19)20(27)25-15(3)16-8-10-17(22)11-9-16/h4-12,15H,1-3H3,(H,25,27)(H,23,24,26)/t15-/m0/s1. The zero-order valence-corrected chi connectivity index (χ0v) is 15.5. The average Bonchev–Trinajstić information content (AvgIpc) is 2.61. The molecule has 1 atom stereocenters. The summed E-state index contributed by atoms with van der Waals surface area (Å²) in [4.78, 5) is 21.5.